The molecule has 0 bridgehead atoms. The fourth-order valence-electron chi connectivity index (χ4n) is 3.69. The molecule has 0 spiro atoms. The molecule has 2 aromatic carbocycles. The Morgan fingerprint density at radius 2 is 1.71 bits per heavy atom. The predicted octanol–water partition coefficient (Wildman–Crippen LogP) is 3.79. The maximum absolute atomic E-state index is 13.4. The maximum Gasteiger partial charge on any atom is 0.330 e. The third-order valence-corrected chi connectivity index (χ3v) is 5.48. The van der Waals surface area contributed by atoms with E-state index in [1.807, 2.05) is 37.3 Å². The molecule has 0 radical (unpaired) electrons. The molecule has 0 fully saturated rings. The van der Waals surface area contributed by atoms with E-state index in [-0.39, 0.29) is 30.5 Å². The minimum Gasteiger partial charge on any atom is -0.494 e. The lowest BCUT2D eigenvalue weighted by molar-refractivity contribution is 0.0986. The first kappa shape index (κ1) is 24.8. The van der Waals surface area contributed by atoms with Gasteiger partial charge in [0.15, 0.2) is 5.69 Å². The van der Waals surface area contributed by atoms with E-state index in [9.17, 15) is 14.4 Å². The molecule has 0 saturated carbocycles. The van der Waals surface area contributed by atoms with Crippen LogP contribution < -0.4 is 26.6 Å². The number of ether oxygens (including phenoxy) is 1. The Morgan fingerprint density at radius 1 is 1.00 bits per heavy atom. The van der Waals surface area contributed by atoms with E-state index in [1.165, 1.54) is 9.47 Å². The summed E-state index contributed by atoms with van der Waals surface area (Å²) in [5.41, 5.74) is 6.22. The summed E-state index contributed by atoms with van der Waals surface area (Å²) in [6.45, 7) is 5.10. The molecule has 1 aromatic heterocycles. The van der Waals surface area contributed by atoms with Crippen LogP contribution in [0, 0.1) is 0 Å². The molecule has 0 aliphatic heterocycles. The van der Waals surface area contributed by atoms with Crippen molar-refractivity contribution in [2.24, 2.45) is 0 Å². The molecule has 8 heteroatoms. The van der Waals surface area contributed by atoms with E-state index in [1.54, 1.807) is 24.3 Å². The zero-order valence-electron chi connectivity index (χ0n) is 19.8. The molecule has 34 heavy (non-hydrogen) atoms. The number of rotatable bonds is 11. The van der Waals surface area contributed by atoms with Gasteiger partial charge < -0.3 is 15.4 Å². The molecule has 0 aliphatic rings. The zero-order chi connectivity index (χ0) is 24.5. The summed E-state index contributed by atoms with van der Waals surface area (Å²) in [5.74, 6) is 0.264. The average Bonchev–Trinajstić information content (AvgIpc) is 2.84. The van der Waals surface area contributed by atoms with Gasteiger partial charge in [-0.05, 0) is 42.7 Å². The van der Waals surface area contributed by atoms with Crippen molar-refractivity contribution in [1.29, 1.82) is 0 Å². The molecule has 180 valence electrons. The largest absolute Gasteiger partial charge is 0.494 e. The fourth-order valence-corrected chi connectivity index (χ4v) is 3.69. The number of benzene rings is 2. The highest BCUT2D eigenvalue weighted by Crippen LogP contribution is 2.22. The van der Waals surface area contributed by atoms with Crippen molar-refractivity contribution in [1.82, 2.24) is 9.55 Å². The molecule has 0 unspecified atom stereocenters. The number of hydrogen-bond acceptors (Lipinski definition) is 5. The second-order valence-electron chi connectivity index (χ2n) is 8.10. The van der Waals surface area contributed by atoms with Gasteiger partial charge in [-0.15, -0.1) is 0 Å². The summed E-state index contributed by atoms with van der Waals surface area (Å²) in [6.07, 6.45) is 3.79. The van der Waals surface area contributed by atoms with E-state index in [2.05, 4.69) is 11.9 Å². The van der Waals surface area contributed by atoms with Gasteiger partial charge in [0.1, 0.15) is 11.6 Å². The van der Waals surface area contributed by atoms with Crippen LogP contribution in [0.15, 0.2) is 64.2 Å². The van der Waals surface area contributed by atoms with Crippen LogP contribution in [0.25, 0.3) is 0 Å². The first-order valence-electron chi connectivity index (χ1n) is 11.7. The topological polar surface area (TPSA) is 110 Å². The molecule has 0 aliphatic carbocycles. The van der Waals surface area contributed by atoms with Crippen molar-refractivity contribution in [3.8, 4) is 5.75 Å². The van der Waals surface area contributed by atoms with Gasteiger partial charge in [-0.3, -0.25) is 19.1 Å². The van der Waals surface area contributed by atoms with Gasteiger partial charge in [-0.1, -0.05) is 57.0 Å². The zero-order valence-corrected chi connectivity index (χ0v) is 19.8. The molecule has 8 nitrogen and oxygen atoms in total. The number of nitrogens with one attached hydrogen (secondary N) is 1. The standard InChI is InChI=1S/C26H32N4O4/c1-3-5-9-17-34-21-14-12-20(13-15-21)25(32)29(16-4-2)22-23(27)30(26(33)28-24(22)31)18-19-10-7-6-8-11-19/h6-8,10-15H,3-5,9,16-18,27H2,1-2H3,(H,28,31,33). The highest BCUT2D eigenvalue weighted by atomic mass is 16.5. The van der Waals surface area contributed by atoms with E-state index in [0.29, 0.717) is 24.3 Å². The van der Waals surface area contributed by atoms with Crippen LogP contribution >= 0.6 is 0 Å². The first-order valence-corrected chi connectivity index (χ1v) is 11.7. The van der Waals surface area contributed by atoms with E-state index in [0.717, 1.165) is 24.8 Å². The van der Waals surface area contributed by atoms with Crippen molar-refractivity contribution < 1.29 is 9.53 Å². The van der Waals surface area contributed by atoms with Crippen molar-refractivity contribution in [2.75, 3.05) is 23.8 Å². The Bertz CT molecular complexity index is 1200. The summed E-state index contributed by atoms with van der Waals surface area (Å²) < 4.78 is 6.99. The number of carbonyl (C=O) groups is 1. The van der Waals surface area contributed by atoms with Crippen LogP contribution in [0.4, 0.5) is 11.5 Å². The molecular weight excluding hydrogens is 432 g/mol. The van der Waals surface area contributed by atoms with Gasteiger partial charge in [0.2, 0.25) is 0 Å². The molecule has 3 aromatic rings. The van der Waals surface area contributed by atoms with E-state index < -0.39 is 11.2 Å². The Kier molecular flexibility index (Phi) is 8.67. The van der Waals surface area contributed by atoms with Crippen LogP contribution in [-0.4, -0.2) is 28.6 Å². The predicted molar refractivity (Wildman–Crippen MR) is 135 cm³/mol. The Labute approximate surface area is 199 Å². The SMILES string of the molecule is CCCCCOc1ccc(C(=O)N(CCC)c2c(N)n(Cc3ccccc3)c(=O)[nH]c2=O)cc1. The molecule has 1 heterocycles. The first-order chi connectivity index (χ1) is 16.5. The van der Waals surface area contributed by atoms with Crippen LogP contribution in [-0.2, 0) is 6.54 Å². The summed E-state index contributed by atoms with van der Waals surface area (Å²) >= 11 is 0. The molecular formula is C26H32N4O4. The van der Waals surface area contributed by atoms with Gasteiger partial charge in [0.25, 0.3) is 11.5 Å². The second-order valence-corrected chi connectivity index (χ2v) is 8.10. The lowest BCUT2D eigenvalue weighted by Gasteiger charge is -2.24. The summed E-state index contributed by atoms with van der Waals surface area (Å²) in [6, 6.07) is 16.1. The lowest BCUT2D eigenvalue weighted by atomic mass is 10.1. The van der Waals surface area contributed by atoms with Gasteiger partial charge in [0.05, 0.1) is 13.2 Å². The van der Waals surface area contributed by atoms with Crippen LogP contribution in [0.2, 0.25) is 0 Å². The minimum absolute atomic E-state index is 0.0257. The number of carbonyl (C=O) groups excluding carboxylic acids is 1. The number of anilines is 2. The number of aromatic nitrogens is 2. The number of aromatic amines is 1. The molecule has 0 saturated heterocycles. The van der Waals surface area contributed by atoms with Crippen LogP contribution in [0.3, 0.4) is 0 Å². The smallest absolute Gasteiger partial charge is 0.330 e. The van der Waals surface area contributed by atoms with Crippen molar-refractivity contribution in [3.63, 3.8) is 0 Å². The Balaban J connectivity index is 1.91. The second kappa shape index (κ2) is 11.9. The molecule has 1 amide bonds. The highest BCUT2D eigenvalue weighted by molar-refractivity contribution is 6.07. The molecule has 3 N–H and O–H groups in total. The van der Waals surface area contributed by atoms with Crippen LogP contribution in [0.1, 0.15) is 55.5 Å². The number of nitrogens with two attached hydrogens (primary N) is 1. The van der Waals surface area contributed by atoms with Gasteiger partial charge in [-0.2, -0.15) is 0 Å². The quantitative estimate of drug-likeness (QED) is 0.420. The van der Waals surface area contributed by atoms with E-state index in [4.69, 9.17) is 10.5 Å². The van der Waals surface area contributed by atoms with Crippen molar-refractivity contribution in [3.05, 3.63) is 86.6 Å². The lowest BCUT2D eigenvalue weighted by Crippen LogP contribution is -2.41. The number of amides is 1. The van der Waals surface area contributed by atoms with Gasteiger partial charge in [0, 0.05) is 12.1 Å². The summed E-state index contributed by atoms with van der Waals surface area (Å²) in [4.78, 5) is 42.3. The van der Waals surface area contributed by atoms with Crippen molar-refractivity contribution in [2.45, 2.75) is 46.1 Å². The number of nitrogens with zero attached hydrogens (tertiary/aromatic N) is 2. The monoisotopic (exact) mass is 464 g/mol. The average molecular weight is 465 g/mol. The molecule has 3 rings (SSSR count). The normalized spacial score (nSPS) is 10.8. The highest BCUT2D eigenvalue weighted by Gasteiger charge is 2.25. The maximum atomic E-state index is 13.4. The number of hydrogen-bond donors (Lipinski definition) is 2. The number of unbranched alkanes of at least 4 members (excludes halogenated alkanes) is 2. The third kappa shape index (κ3) is 5.95. The number of nitrogen functional groups attached to an aromatic ring is 1. The number of H-pyrrole nitrogens is 1. The van der Waals surface area contributed by atoms with Gasteiger partial charge >= 0.3 is 5.69 Å². The minimum atomic E-state index is -0.690. The Hall–Kier alpha value is -3.81. The van der Waals surface area contributed by atoms with Crippen molar-refractivity contribution >= 4 is 17.4 Å². The third-order valence-electron chi connectivity index (χ3n) is 5.48. The Morgan fingerprint density at radius 3 is 2.35 bits per heavy atom. The molecule has 0 atom stereocenters. The fraction of sp³-hybridized carbons (Fsp3) is 0.346. The van der Waals surface area contributed by atoms with E-state index >= 15 is 0 Å². The van der Waals surface area contributed by atoms with Gasteiger partial charge in [-0.25, -0.2) is 4.79 Å². The van der Waals surface area contributed by atoms with Crippen LogP contribution in [0.5, 0.6) is 5.75 Å². The summed E-state index contributed by atoms with van der Waals surface area (Å²) in [5, 5.41) is 0. The summed E-state index contributed by atoms with van der Waals surface area (Å²) in [7, 11) is 0.